The predicted molar refractivity (Wildman–Crippen MR) is 174 cm³/mol. The van der Waals surface area contributed by atoms with Gasteiger partial charge in [-0.15, -0.1) is 22.7 Å². The summed E-state index contributed by atoms with van der Waals surface area (Å²) in [7, 11) is 0. The zero-order valence-electron chi connectivity index (χ0n) is 25.0. The lowest BCUT2D eigenvalue weighted by molar-refractivity contribution is -0.116. The standard InChI is InChI=1S/C35H37NO4S2/c1-21(25-9-7-24(8-10-25)18-22(2)37)17-29(38)31-15-16-32(42-31)30(39)19-36-23(3)28-20-41-34(33(28)40)26-11-13-27(14-12-26)35(4,5)6/h7-16,20-21,40H,17-19H2,1-6H3. The molecule has 7 heteroatoms. The van der Waals surface area contributed by atoms with Gasteiger partial charge in [-0.1, -0.05) is 76.2 Å². The van der Waals surface area contributed by atoms with E-state index in [2.05, 4.69) is 37.9 Å². The molecule has 0 fully saturated rings. The number of ketones is 3. The molecule has 1 unspecified atom stereocenters. The van der Waals surface area contributed by atoms with Crippen molar-refractivity contribution < 1.29 is 19.5 Å². The molecule has 0 radical (unpaired) electrons. The number of carbonyl (C=O) groups is 3. The van der Waals surface area contributed by atoms with Crippen LogP contribution in [-0.2, 0) is 16.6 Å². The van der Waals surface area contributed by atoms with Crippen LogP contribution < -0.4 is 0 Å². The number of rotatable bonds is 11. The molecular formula is C35H37NO4S2. The van der Waals surface area contributed by atoms with Gasteiger partial charge in [0.05, 0.1) is 14.6 Å². The first kappa shape index (κ1) is 31.3. The molecule has 2 aromatic heterocycles. The minimum absolute atomic E-state index is 0.00898. The summed E-state index contributed by atoms with van der Waals surface area (Å²) in [6.07, 6.45) is 0.737. The summed E-state index contributed by atoms with van der Waals surface area (Å²) in [5.74, 6) is 0.123. The summed E-state index contributed by atoms with van der Waals surface area (Å²) in [5.41, 5.74) is 5.43. The molecule has 2 heterocycles. The van der Waals surface area contributed by atoms with E-state index in [9.17, 15) is 19.5 Å². The van der Waals surface area contributed by atoms with Crippen LogP contribution in [0.4, 0.5) is 0 Å². The van der Waals surface area contributed by atoms with Gasteiger partial charge < -0.3 is 5.11 Å². The highest BCUT2D eigenvalue weighted by Gasteiger charge is 2.19. The largest absolute Gasteiger partial charge is 0.506 e. The number of carbonyl (C=O) groups excluding carboxylic acids is 3. The molecule has 42 heavy (non-hydrogen) atoms. The smallest absolute Gasteiger partial charge is 0.194 e. The highest BCUT2D eigenvalue weighted by atomic mass is 32.1. The van der Waals surface area contributed by atoms with E-state index < -0.39 is 0 Å². The lowest BCUT2D eigenvalue weighted by atomic mass is 9.86. The van der Waals surface area contributed by atoms with Gasteiger partial charge in [-0.05, 0) is 59.6 Å². The first-order chi connectivity index (χ1) is 19.8. The van der Waals surface area contributed by atoms with Gasteiger partial charge in [-0.2, -0.15) is 0 Å². The third-order valence-corrected chi connectivity index (χ3v) is 9.46. The van der Waals surface area contributed by atoms with Crippen LogP contribution in [0.25, 0.3) is 10.4 Å². The number of hydrogen-bond acceptors (Lipinski definition) is 7. The fourth-order valence-corrected chi connectivity index (χ4v) is 6.57. The van der Waals surface area contributed by atoms with Gasteiger partial charge in [0.1, 0.15) is 18.1 Å². The maximum absolute atomic E-state index is 13.0. The zero-order valence-corrected chi connectivity index (χ0v) is 26.6. The SMILES string of the molecule is CC(=O)Cc1ccc(C(C)CC(=O)c2ccc(C(=O)CN=C(C)c3csc(-c4ccc(C(C)(C)C)cc4)c3O)s2)cc1. The molecule has 0 saturated heterocycles. The molecule has 1 atom stereocenters. The fourth-order valence-electron chi connectivity index (χ4n) is 4.67. The van der Waals surface area contributed by atoms with Gasteiger partial charge >= 0.3 is 0 Å². The second kappa shape index (κ2) is 13.1. The Balaban J connectivity index is 1.37. The highest BCUT2D eigenvalue weighted by Crippen LogP contribution is 2.39. The topological polar surface area (TPSA) is 83.8 Å². The Morgan fingerprint density at radius 1 is 0.881 bits per heavy atom. The summed E-state index contributed by atoms with van der Waals surface area (Å²) in [4.78, 5) is 43.5. The van der Waals surface area contributed by atoms with E-state index in [4.69, 9.17) is 0 Å². The molecule has 0 saturated carbocycles. The van der Waals surface area contributed by atoms with Crippen molar-refractivity contribution in [3.63, 3.8) is 0 Å². The van der Waals surface area contributed by atoms with Crippen LogP contribution >= 0.6 is 22.7 Å². The number of benzene rings is 2. The van der Waals surface area contributed by atoms with Crippen LogP contribution in [0.5, 0.6) is 5.75 Å². The Morgan fingerprint density at radius 2 is 1.50 bits per heavy atom. The van der Waals surface area contributed by atoms with E-state index in [-0.39, 0.29) is 41.0 Å². The van der Waals surface area contributed by atoms with Gasteiger partial charge in [0.15, 0.2) is 11.6 Å². The third-order valence-electron chi connectivity index (χ3n) is 7.28. The number of thiophene rings is 2. The molecule has 1 N–H and O–H groups in total. The van der Waals surface area contributed by atoms with Gasteiger partial charge in [0.25, 0.3) is 0 Å². The second-order valence-electron chi connectivity index (χ2n) is 11.8. The molecule has 4 aromatic rings. The van der Waals surface area contributed by atoms with Crippen molar-refractivity contribution in [2.24, 2.45) is 4.99 Å². The van der Waals surface area contributed by atoms with Crippen LogP contribution in [0.2, 0.25) is 0 Å². The molecule has 2 aromatic carbocycles. The number of Topliss-reactive ketones (excluding diaryl/α,β-unsaturated/α-hetero) is 3. The van der Waals surface area contributed by atoms with Crippen molar-refractivity contribution in [2.75, 3.05) is 6.54 Å². The Morgan fingerprint density at radius 3 is 2.10 bits per heavy atom. The first-order valence-electron chi connectivity index (χ1n) is 14.0. The highest BCUT2D eigenvalue weighted by molar-refractivity contribution is 7.16. The Hall–Kier alpha value is -3.68. The van der Waals surface area contributed by atoms with E-state index in [1.54, 1.807) is 26.0 Å². The summed E-state index contributed by atoms with van der Waals surface area (Å²) in [6.45, 7) is 11.8. The monoisotopic (exact) mass is 599 g/mol. The minimum atomic E-state index is -0.166. The Kier molecular flexibility index (Phi) is 9.74. The van der Waals surface area contributed by atoms with Gasteiger partial charge in [0.2, 0.25) is 0 Å². The fraction of sp³-hybridized carbons (Fsp3) is 0.314. The molecule has 0 aliphatic rings. The summed E-state index contributed by atoms with van der Waals surface area (Å²) in [5, 5.41) is 12.8. The minimum Gasteiger partial charge on any atom is -0.506 e. The van der Waals surface area contributed by atoms with Crippen molar-refractivity contribution in [1.29, 1.82) is 0 Å². The van der Waals surface area contributed by atoms with Crippen LogP contribution in [0.1, 0.15) is 95.5 Å². The molecule has 218 valence electrons. The Labute approximate surface area is 256 Å². The van der Waals surface area contributed by atoms with E-state index in [0.29, 0.717) is 33.9 Å². The van der Waals surface area contributed by atoms with Crippen LogP contribution in [0, 0.1) is 0 Å². The van der Waals surface area contributed by atoms with E-state index in [1.165, 1.54) is 28.2 Å². The van der Waals surface area contributed by atoms with E-state index in [1.807, 2.05) is 48.7 Å². The van der Waals surface area contributed by atoms with Crippen molar-refractivity contribution in [3.8, 4) is 16.2 Å². The molecule has 5 nitrogen and oxygen atoms in total. The van der Waals surface area contributed by atoms with Gasteiger partial charge in [0, 0.05) is 29.5 Å². The predicted octanol–water partition coefficient (Wildman–Crippen LogP) is 8.68. The number of hydrogen-bond donors (Lipinski definition) is 1. The molecule has 0 amide bonds. The van der Waals surface area contributed by atoms with Crippen molar-refractivity contribution >= 4 is 45.7 Å². The van der Waals surface area contributed by atoms with Crippen LogP contribution in [0.3, 0.4) is 0 Å². The maximum Gasteiger partial charge on any atom is 0.194 e. The van der Waals surface area contributed by atoms with Crippen molar-refractivity contribution in [2.45, 2.75) is 65.7 Å². The van der Waals surface area contributed by atoms with Crippen LogP contribution in [0.15, 0.2) is 71.0 Å². The average molecular weight is 600 g/mol. The number of aromatic hydroxyl groups is 1. The zero-order chi connectivity index (χ0) is 30.6. The summed E-state index contributed by atoms with van der Waals surface area (Å²) in [6, 6.07) is 19.4. The van der Waals surface area contributed by atoms with E-state index in [0.717, 1.165) is 21.6 Å². The molecule has 0 aliphatic heterocycles. The van der Waals surface area contributed by atoms with Crippen molar-refractivity contribution in [1.82, 2.24) is 0 Å². The quantitative estimate of drug-likeness (QED) is 0.138. The number of nitrogens with zero attached hydrogens (tertiary/aromatic N) is 1. The first-order valence-corrected chi connectivity index (χ1v) is 15.7. The van der Waals surface area contributed by atoms with Gasteiger partial charge in [-0.3, -0.25) is 19.4 Å². The average Bonchev–Trinajstić information content (AvgIpc) is 3.59. The van der Waals surface area contributed by atoms with Crippen molar-refractivity contribution in [3.05, 3.63) is 98.1 Å². The summed E-state index contributed by atoms with van der Waals surface area (Å²) < 4.78 is 0. The van der Waals surface area contributed by atoms with Gasteiger partial charge in [-0.25, -0.2) is 0 Å². The lowest BCUT2D eigenvalue weighted by Crippen LogP contribution is -2.10. The molecule has 0 bridgehead atoms. The third kappa shape index (κ3) is 7.58. The number of aliphatic imine (C=N–C) groups is 1. The molecule has 4 rings (SSSR count). The summed E-state index contributed by atoms with van der Waals surface area (Å²) >= 11 is 2.65. The maximum atomic E-state index is 13.0. The lowest BCUT2D eigenvalue weighted by Gasteiger charge is -2.19. The normalized spacial score (nSPS) is 12.8. The van der Waals surface area contributed by atoms with E-state index >= 15 is 0 Å². The van der Waals surface area contributed by atoms with Crippen LogP contribution in [-0.4, -0.2) is 34.7 Å². The molecule has 0 spiro atoms. The Bertz CT molecular complexity index is 1620. The second-order valence-corrected chi connectivity index (χ2v) is 13.8. The molecular weight excluding hydrogens is 563 g/mol. The molecule has 0 aliphatic carbocycles.